The molecule has 1 atom stereocenters. The van der Waals surface area contributed by atoms with E-state index in [4.69, 9.17) is 4.74 Å². The maximum atomic E-state index is 12.2. The lowest BCUT2D eigenvalue weighted by atomic mass is 9.64. The van der Waals surface area contributed by atoms with Gasteiger partial charge < -0.3 is 9.64 Å². The quantitative estimate of drug-likeness (QED) is 0.793. The van der Waals surface area contributed by atoms with Crippen molar-refractivity contribution in [1.82, 2.24) is 4.90 Å². The molecule has 1 aliphatic carbocycles. The van der Waals surface area contributed by atoms with Crippen LogP contribution in [0, 0.1) is 0 Å². The van der Waals surface area contributed by atoms with Crippen molar-refractivity contribution in [2.24, 2.45) is 0 Å². The van der Waals surface area contributed by atoms with Gasteiger partial charge in [0, 0.05) is 5.41 Å². The fourth-order valence-corrected chi connectivity index (χ4v) is 4.28. The summed E-state index contributed by atoms with van der Waals surface area (Å²) in [5.41, 5.74) is 0.868. The summed E-state index contributed by atoms with van der Waals surface area (Å²) in [5.74, 6) is -0.0143. The van der Waals surface area contributed by atoms with Gasteiger partial charge in [0.1, 0.15) is 5.60 Å². The van der Waals surface area contributed by atoms with Crippen LogP contribution < -0.4 is 0 Å². The molecule has 1 aromatic carbocycles. The van der Waals surface area contributed by atoms with Gasteiger partial charge in [-0.2, -0.15) is 0 Å². The molecule has 0 bridgehead atoms. The molecule has 0 aromatic heterocycles. The lowest BCUT2D eigenvalue weighted by Gasteiger charge is -2.42. The number of halogens is 1. The van der Waals surface area contributed by atoms with Gasteiger partial charge in [0.2, 0.25) is 0 Å². The maximum Gasteiger partial charge on any atom is 0.307 e. The summed E-state index contributed by atoms with van der Waals surface area (Å²) in [6, 6.07) is 10.6. The van der Waals surface area contributed by atoms with Crippen LogP contribution >= 0.6 is 12.4 Å². The zero-order valence-electron chi connectivity index (χ0n) is 13.5. The molecule has 1 spiro atoms. The van der Waals surface area contributed by atoms with Crippen molar-refractivity contribution in [2.45, 2.75) is 49.5 Å². The molecule has 22 heavy (non-hydrogen) atoms. The molecular formula is C18H26ClNO2. The molecule has 122 valence electrons. The Labute approximate surface area is 139 Å². The Kier molecular flexibility index (Phi) is 5.18. The third-order valence-corrected chi connectivity index (χ3v) is 5.35. The summed E-state index contributed by atoms with van der Waals surface area (Å²) in [4.78, 5) is 14.4. The second kappa shape index (κ2) is 6.59. The zero-order valence-corrected chi connectivity index (χ0v) is 14.3. The first kappa shape index (κ1) is 17.3. The van der Waals surface area contributed by atoms with Crippen LogP contribution in [0.1, 0.15) is 44.1 Å². The fraction of sp³-hybridized carbons (Fsp3) is 0.611. The van der Waals surface area contributed by atoms with Crippen LogP contribution in [0.3, 0.4) is 0 Å². The number of nitrogens with zero attached hydrogens (tertiary/aromatic N) is 1. The van der Waals surface area contributed by atoms with Gasteiger partial charge in [-0.25, -0.2) is 0 Å². The Bertz CT molecular complexity index is 511. The van der Waals surface area contributed by atoms with Gasteiger partial charge in [-0.15, -0.1) is 12.4 Å². The number of hydrogen-bond acceptors (Lipinski definition) is 3. The van der Waals surface area contributed by atoms with Crippen molar-refractivity contribution in [3.8, 4) is 0 Å². The second-order valence-electron chi connectivity index (χ2n) is 6.85. The first-order chi connectivity index (χ1) is 10.1. The summed E-state index contributed by atoms with van der Waals surface area (Å²) >= 11 is 0. The highest BCUT2D eigenvalue weighted by molar-refractivity contribution is 5.85. The molecule has 1 aromatic rings. The number of benzene rings is 1. The van der Waals surface area contributed by atoms with Gasteiger partial charge in [-0.1, -0.05) is 30.3 Å². The molecule has 0 radical (unpaired) electrons. The third-order valence-electron chi connectivity index (χ3n) is 5.35. The van der Waals surface area contributed by atoms with E-state index in [1.54, 1.807) is 0 Å². The van der Waals surface area contributed by atoms with E-state index in [0.717, 1.165) is 25.8 Å². The molecular weight excluding hydrogens is 298 g/mol. The van der Waals surface area contributed by atoms with Crippen molar-refractivity contribution in [2.75, 3.05) is 20.6 Å². The number of rotatable bonds is 4. The highest BCUT2D eigenvalue weighted by Crippen LogP contribution is 2.56. The smallest absolute Gasteiger partial charge is 0.307 e. The van der Waals surface area contributed by atoms with Crippen LogP contribution in [0.15, 0.2) is 30.3 Å². The van der Waals surface area contributed by atoms with Crippen LogP contribution in [0.2, 0.25) is 0 Å². The van der Waals surface area contributed by atoms with Gasteiger partial charge >= 0.3 is 5.97 Å². The number of ether oxygens (including phenoxy) is 1. The largest absolute Gasteiger partial charge is 0.458 e. The molecule has 2 fully saturated rings. The zero-order chi connectivity index (χ0) is 14.9. The normalized spacial score (nSPS) is 26.2. The molecule has 1 heterocycles. The molecule has 0 amide bonds. The highest BCUT2D eigenvalue weighted by atomic mass is 35.5. The molecule has 1 saturated carbocycles. The lowest BCUT2D eigenvalue weighted by molar-refractivity contribution is -0.149. The SMILES string of the molecule is CN(C)CCC1(c2ccccc2)CC(=O)OC12CCCC2.Cl. The van der Waals surface area contributed by atoms with Crippen molar-refractivity contribution in [3.63, 3.8) is 0 Å². The minimum absolute atomic E-state index is 0. The van der Waals surface area contributed by atoms with Crippen LogP contribution in [0.4, 0.5) is 0 Å². The molecule has 1 aliphatic heterocycles. The van der Waals surface area contributed by atoms with Crippen molar-refractivity contribution >= 4 is 18.4 Å². The van der Waals surface area contributed by atoms with E-state index in [1.807, 2.05) is 6.07 Å². The number of carbonyl (C=O) groups excluding carboxylic acids is 1. The average Bonchev–Trinajstić information content (AvgIpc) is 3.04. The van der Waals surface area contributed by atoms with Crippen LogP contribution in [-0.4, -0.2) is 37.1 Å². The molecule has 3 rings (SSSR count). The van der Waals surface area contributed by atoms with Crippen LogP contribution in [0.5, 0.6) is 0 Å². The van der Waals surface area contributed by atoms with E-state index in [-0.39, 0.29) is 29.4 Å². The molecule has 1 unspecified atom stereocenters. The van der Waals surface area contributed by atoms with E-state index in [0.29, 0.717) is 6.42 Å². The van der Waals surface area contributed by atoms with Crippen LogP contribution in [0.25, 0.3) is 0 Å². The third kappa shape index (κ3) is 2.77. The van der Waals surface area contributed by atoms with Gasteiger partial charge in [-0.3, -0.25) is 4.79 Å². The van der Waals surface area contributed by atoms with E-state index >= 15 is 0 Å². The maximum absolute atomic E-state index is 12.2. The van der Waals surface area contributed by atoms with Gasteiger partial charge in [0.05, 0.1) is 6.42 Å². The standard InChI is InChI=1S/C18H25NO2.ClH/c1-19(2)13-12-17(15-8-4-3-5-9-15)14-16(20)21-18(17)10-6-7-11-18;/h3-5,8-9H,6-7,10-14H2,1-2H3;1H. The predicted octanol–water partition coefficient (Wildman–Crippen LogP) is 3.56. The van der Waals surface area contributed by atoms with Gasteiger partial charge in [0.15, 0.2) is 0 Å². The molecule has 4 heteroatoms. The molecule has 2 aliphatic rings. The Hall–Kier alpha value is -1.06. The summed E-state index contributed by atoms with van der Waals surface area (Å²) in [5, 5.41) is 0. The highest BCUT2D eigenvalue weighted by Gasteiger charge is 2.61. The average molecular weight is 324 g/mol. The lowest BCUT2D eigenvalue weighted by Crippen LogP contribution is -2.48. The second-order valence-corrected chi connectivity index (χ2v) is 6.85. The Morgan fingerprint density at radius 1 is 1.14 bits per heavy atom. The Balaban J connectivity index is 0.00000176. The van der Waals surface area contributed by atoms with Crippen LogP contribution in [-0.2, 0) is 14.9 Å². The molecule has 0 N–H and O–H groups in total. The van der Waals surface area contributed by atoms with E-state index in [1.165, 1.54) is 18.4 Å². The number of esters is 1. The minimum atomic E-state index is -0.262. The monoisotopic (exact) mass is 323 g/mol. The van der Waals surface area contributed by atoms with Crippen molar-refractivity contribution in [1.29, 1.82) is 0 Å². The van der Waals surface area contributed by atoms with Crippen molar-refractivity contribution < 1.29 is 9.53 Å². The molecule has 3 nitrogen and oxygen atoms in total. The summed E-state index contributed by atoms with van der Waals surface area (Å²) in [7, 11) is 4.19. The topological polar surface area (TPSA) is 29.5 Å². The first-order valence-corrected chi connectivity index (χ1v) is 8.00. The summed E-state index contributed by atoms with van der Waals surface area (Å²) in [6.07, 6.45) is 5.89. The Morgan fingerprint density at radius 2 is 1.77 bits per heavy atom. The summed E-state index contributed by atoms with van der Waals surface area (Å²) < 4.78 is 5.96. The van der Waals surface area contributed by atoms with Gasteiger partial charge in [0.25, 0.3) is 0 Å². The Morgan fingerprint density at radius 3 is 2.36 bits per heavy atom. The first-order valence-electron chi connectivity index (χ1n) is 8.00. The summed E-state index contributed by atoms with van der Waals surface area (Å²) in [6.45, 7) is 0.979. The number of carbonyl (C=O) groups is 1. The number of hydrogen-bond donors (Lipinski definition) is 0. The van der Waals surface area contributed by atoms with E-state index in [2.05, 4.69) is 43.3 Å². The van der Waals surface area contributed by atoms with E-state index < -0.39 is 0 Å². The predicted molar refractivity (Wildman–Crippen MR) is 90.4 cm³/mol. The van der Waals surface area contributed by atoms with Crippen molar-refractivity contribution in [3.05, 3.63) is 35.9 Å². The molecule has 1 saturated heterocycles. The minimum Gasteiger partial charge on any atom is -0.458 e. The van der Waals surface area contributed by atoms with E-state index in [9.17, 15) is 4.79 Å². The fourth-order valence-electron chi connectivity index (χ4n) is 4.28. The van der Waals surface area contributed by atoms with Gasteiger partial charge in [-0.05, 0) is 58.3 Å².